The molecule has 0 spiro atoms. The molecule has 1 saturated heterocycles. The summed E-state index contributed by atoms with van der Waals surface area (Å²) in [6.45, 7) is 6.86. The number of hydrogen-bond donors (Lipinski definition) is 1. The maximum atomic E-state index is 13.2. The van der Waals surface area contributed by atoms with Crippen LogP contribution in [0.3, 0.4) is 0 Å². The van der Waals surface area contributed by atoms with Crippen LogP contribution in [0.5, 0.6) is 0 Å². The topological polar surface area (TPSA) is 58.8 Å². The van der Waals surface area contributed by atoms with Gasteiger partial charge in [-0.15, -0.1) is 0 Å². The summed E-state index contributed by atoms with van der Waals surface area (Å²) < 4.78 is 45.1. The molecule has 2 rings (SSSR count). The number of nitrogens with two attached hydrogens (primary N) is 1. The highest BCUT2D eigenvalue weighted by Gasteiger charge is 2.34. The van der Waals surface area contributed by atoms with Gasteiger partial charge < -0.3 is 15.4 Å². The van der Waals surface area contributed by atoms with Gasteiger partial charge in [0.1, 0.15) is 5.60 Å². The van der Waals surface area contributed by atoms with Crippen molar-refractivity contribution in [2.75, 3.05) is 25.9 Å². The van der Waals surface area contributed by atoms with Gasteiger partial charge in [0.2, 0.25) is 0 Å². The molecule has 1 amide bonds. The fourth-order valence-electron chi connectivity index (χ4n) is 3.18. The number of anilines is 1. The molecule has 8 heteroatoms. The molecule has 1 aromatic rings. The van der Waals surface area contributed by atoms with Crippen molar-refractivity contribution < 1.29 is 22.7 Å². The molecule has 2 N–H and O–H groups in total. The van der Waals surface area contributed by atoms with E-state index >= 15 is 0 Å². The molecule has 27 heavy (non-hydrogen) atoms. The molecular weight excluding hydrogens is 359 g/mol. The minimum atomic E-state index is -4.43. The van der Waals surface area contributed by atoms with Gasteiger partial charge in [-0.05, 0) is 51.3 Å². The zero-order valence-corrected chi connectivity index (χ0v) is 16.3. The average molecular weight is 387 g/mol. The predicted octanol–water partition coefficient (Wildman–Crippen LogP) is 4.12. The number of piperidine rings is 1. The third kappa shape index (κ3) is 6.02. The lowest BCUT2D eigenvalue weighted by atomic mass is 10.0. The molecule has 0 radical (unpaired) electrons. The minimum absolute atomic E-state index is 0.0182. The van der Waals surface area contributed by atoms with Gasteiger partial charge in [-0.2, -0.15) is 13.2 Å². The van der Waals surface area contributed by atoms with Crippen LogP contribution in [0.4, 0.5) is 23.7 Å². The summed E-state index contributed by atoms with van der Waals surface area (Å²) in [6.07, 6.45) is -3.43. The van der Waals surface area contributed by atoms with Crippen LogP contribution >= 0.6 is 0 Å². The van der Waals surface area contributed by atoms with E-state index in [0.29, 0.717) is 25.9 Å². The van der Waals surface area contributed by atoms with E-state index in [0.717, 1.165) is 6.07 Å². The molecule has 152 valence electrons. The number of rotatable bonds is 3. The maximum Gasteiger partial charge on any atom is 0.416 e. The SMILES string of the molecule is CN(C(=O)OC(C)(C)C)C1CCN(Cc2ccc(N)cc2C(F)(F)F)CC1. The summed E-state index contributed by atoms with van der Waals surface area (Å²) >= 11 is 0. The Balaban J connectivity index is 1.96. The van der Waals surface area contributed by atoms with Crippen LogP contribution in [0.2, 0.25) is 0 Å². The van der Waals surface area contributed by atoms with Gasteiger partial charge in [-0.25, -0.2) is 4.79 Å². The molecule has 0 atom stereocenters. The molecule has 0 aliphatic carbocycles. The third-order valence-corrected chi connectivity index (χ3v) is 4.62. The zero-order valence-electron chi connectivity index (χ0n) is 16.3. The van der Waals surface area contributed by atoms with Crippen molar-refractivity contribution in [2.45, 2.75) is 58.0 Å². The van der Waals surface area contributed by atoms with Crippen LogP contribution in [-0.2, 0) is 17.5 Å². The Hall–Kier alpha value is -1.96. The lowest BCUT2D eigenvalue weighted by Gasteiger charge is -2.37. The molecule has 1 aliphatic heterocycles. The first-order valence-electron chi connectivity index (χ1n) is 9.00. The van der Waals surface area contributed by atoms with E-state index in [9.17, 15) is 18.0 Å². The Labute approximate surface area is 158 Å². The average Bonchev–Trinajstić information content (AvgIpc) is 2.54. The molecule has 0 aromatic heterocycles. The van der Waals surface area contributed by atoms with E-state index in [1.165, 1.54) is 12.1 Å². The van der Waals surface area contributed by atoms with E-state index in [1.54, 1.807) is 11.9 Å². The Morgan fingerprint density at radius 2 is 1.85 bits per heavy atom. The summed E-state index contributed by atoms with van der Waals surface area (Å²) in [5, 5.41) is 0. The number of nitrogens with zero attached hydrogens (tertiary/aromatic N) is 2. The number of carbonyl (C=O) groups excluding carboxylic acids is 1. The van der Waals surface area contributed by atoms with Crippen LogP contribution in [0, 0.1) is 0 Å². The first-order chi connectivity index (χ1) is 12.4. The van der Waals surface area contributed by atoms with Gasteiger partial charge >= 0.3 is 12.3 Å². The van der Waals surface area contributed by atoms with Crippen LogP contribution in [-0.4, -0.2) is 47.7 Å². The Morgan fingerprint density at radius 3 is 2.37 bits per heavy atom. The first kappa shape index (κ1) is 21.3. The predicted molar refractivity (Wildman–Crippen MR) is 98.2 cm³/mol. The number of alkyl halides is 3. The smallest absolute Gasteiger partial charge is 0.416 e. The minimum Gasteiger partial charge on any atom is -0.444 e. The molecule has 1 aliphatic rings. The molecule has 1 fully saturated rings. The van der Waals surface area contributed by atoms with Crippen LogP contribution in [0.15, 0.2) is 18.2 Å². The van der Waals surface area contributed by atoms with Crippen molar-refractivity contribution in [3.05, 3.63) is 29.3 Å². The molecular formula is C19H28F3N3O2. The Morgan fingerprint density at radius 1 is 1.26 bits per heavy atom. The Bertz CT molecular complexity index is 663. The quantitative estimate of drug-likeness (QED) is 0.793. The molecule has 1 heterocycles. The second-order valence-corrected chi connectivity index (χ2v) is 8.01. The highest BCUT2D eigenvalue weighted by atomic mass is 19.4. The lowest BCUT2D eigenvalue weighted by molar-refractivity contribution is -0.138. The van der Waals surface area contributed by atoms with Gasteiger partial charge in [-0.3, -0.25) is 4.90 Å². The number of nitrogen functional groups attached to an aromatic ring is 1. The number of hydrogen-bond acceptors (Lipinski definition) is 4. The number of halogens is 3. The third-order valence-electron chi connectivity index (χ3n) is 4.62. The summed E-state index contributed by atoms with van der Waals surface area (Å²) in [4.78, 5) is 15.7. The molecule has 0 bridgehead atoms. The van der Waals surface area contributed by atoms with E-state index in [4.69, 9.17) is 10.5 Å². The van der Waals surface area contributed by atoms with Crippen molar-refractivity contribution in [3.8, 4) is 0 Å². The maximum absolute atomic E-state index is 13.2. The van der Waals surface area contributed by atoms with Gasteiger partial charge in [0.25, 0.3) is 0 Å². The molecule has 0 unspecified atom stereocenters. The Kier molecular flexibility index (Phi) is 6.29. The van der Waals surface area contributed by atoms with Crippen molar-refractivity contribution in [3.63, 3.8) is 0 Å². The first-order valence-corrected chi connectivity index (χ1v) is 9.00. The lowest BCUT2D eigenvalue weighted by Crippen LogP contribution is -2.46. The van der Waals surface area contributed by atoms with Gasteiger partial charge in [-0.1, -0.05) is 6.07 Å². The fourth-order valence-corrected chi connectivity index (χ4v) is 3.18. The van der Waals surface area contributed by atoms with Crippen LogP contribution in [0.25, 0.3) is 0 Å². The molecule has 0 saturated carbocycles. The number of amides is 1. The van der Waals surface area contributed by atoms with Crippen molar-refractivity contribution in [1.82, 2.24) is 9.80 Å². The summed E-state index contributed by atoms with van der Waals surface area (Å²) in [5.74, 6) is 0. The highest BCUT2D eigenvalue weighted by Crippen LogP contribution is 2.34. The van der Waals surface area contributed by atoms with Gasteiger partial charge in [0.05, 0.1) is 5.56 Å². The van der Waals surface area contributed by atoms with E-state index in [1.807, 2.05) is 25.7 Å². The number of likely N-dealkylation sites (tertiary alicyclic amines) is 1. The second-order valence-electron chi connectivity index (χ2n) is 8.01. The highest BCUT2D eigenvalue weighted by molar-refractivity contribution is 5.68. The zero-order chi connectivity index (χ0) is 20.4. The molecule has 1 aromatic carbocycles. The van der Waals surface area contributed by atoms with Crippen LogP contribution < -0.4 is 5.73 Å². The number of benzene rings is 1. The summed E-state index contributed by atoms with van der Waals surface area (Å²) in [7, 11) is 1.70. The summed E-state index contributed by atoms with van der Waals surface area (Å²) in [6, 6.07) is 3.94. The van der Waals surface area contributed by atoms with E-state index in [2.05, 4.69) is 0 Å². The van der Waals surface area contributed by atoms with E-state index in [-0.39, 0.29) is 29.9 Å². The summed E-state index contributed by atoms with van der Waals surface area (Å²) in [5.41, 5.74) is 4.59. The normalized spacial score (nSPS) is 17.0. The van der Waals surface area contributed by atoms with Crippen molar-refractivity contribution >= 4 is 11.8 Å². The number of ether oxygens (including phenoxy) is 1. The molecule has 5 nitrogen and oxygen atoms in total. The van der Waals surface area contributed by atoms with Crippen LogP contribution in [0.1, 0.15) is 44.7 Å². The van der Waals surface area contributed by atoms with E-state index < -0.39 is 17.3 Å². The van der Waals surface area contributed by atoms with Crippen molar-refractivity contribution in [2.24, 2.45) is 0 Å². The number of carbonyl (C=O) groups is 1. The standard InChI is InChI=1S/C19H28F3N3O2/c1-18(2,3)27-17(26)24(4)15-7-9-25(10-8-15)12-13-5-6-14(23)11-16(13)19(20,21)22/h5-6,11,15H,7-10,12,23H2,1-4H3. The van der Waals surface area contributed by atoms with Crippen molar-refractivity contribution in [1.29, 1.82) is 0 Å². The van der Waals surface area contributed by atoms with Gasteiger partial charge in [0, 0.05) is 38.4 Å². The fraction of sp³-hybridized carbons (Fsp3) is 0.632. The second kappa shape index (κ2) is 7.96. The van der Waals surface area contributed by atoms with Gasteiger partial charge in [0.15, 0.2) is 0 Å². The monoisotopic (exact) mass is 387 g/mol. The largest absolute Gasteiger partial charge is 0.444 e.